The summed E-state index contributed by atoms with van der Waals surface area (Å²) < 4.78 is 6.68. The predicted octanol–water partition coefficient (Wildman–Crippen LogP) is 2.44. The Labute approximate surface area is 147 Å². The normalized spacial score (nSPS) is 12.2. The molecule has 1 aromatic heterocycles. The number of alkyl carbamates (subject to hydrolysis) is 1. The number of carbonyl (C=O) groups excluding carboxylic acids is 2. The number of nitrogens with one attached hydrogen (secondary N) is 2. The van der Waals surface area contributed by atoms with E-state index in [4.69, 9.17) is 0 Å². The van der Waals surface area contributed by atoms with Crippen molar-refractivity contribution in [2.24, 2.45) is 5.92 Å². The molecule has 0 aliphatic carbocycles. The van der Waals surface area contributed by atoms with E-state index in [9.17, 15) is 9.59 Å². The number of rotatable bonds is 7. The molecule has 0 bridgehead atoms. The monoisotopic (exact) mass is 346 g/mol. The average molecular weight is 346 g/mol. The van der Waals surface area contributed by atoms with Crippen LogP contribution in [0.25, 0.3) is 11.0 Å². The summed E-state index contributed by atoms with van der Waals surface area (Å²) in [6.45, 7) is 7.10. The topological polar surface area (TPSA) is 85.2 Å². The highest BCUT2D eigenvalue weighted by molar-refractivity contribution is 5.85. The van der Waals surface area contributed by atoms with E-state index in [2.05, 4.69) is 24.9 Å². The Morgan fingerprint density at radius 3 is 2.64 bits per heavy atom. The minimum Gasteiger partial charge on any atom is -0.453 e. The average Bonchev–Trinajstić information content (AvgIpc) is 2.95. The minimum absolute atomic E-state index is 0.242. The molecule has 0 fully saturated rings. The SMILES string of the molecule is CCn1c(CNC(=O)C(CC(C)C)NC(=O)OC)nc2ccccc21. The molecule has 0 saturated carbocycles. The fourth-order valence-corrected chi connectivity index (χ4v) is 2.81. The van der Waals surface area contributed by atoms with Gasteiger partial charge in [-0.25, -0.2) is 9.78 Å². The van der Waals surface area contributed by atoms with Gasteiger partial charge in [0.2, 0.25) is 5.91 Å². The molecular weight excluding hydrogens is 320 g/mol. The zero-order valence-electron chi connectivity index (χ0n) is 15.2. The highest BCUT2D eigenvalue weighted by Crippen LogP contribution is 2.16. The molecular formula is C18H26N4O3. The summed E-state index contributed by atoms with van der Waals surface area (Å²) in [4.78, 5) is 28.6. The highest BCUT2D eigenvalue weighted by Gasteiger charge is 2.22. The van der Waals surface area contributed by atoms with Crippen molar-refractivity contribution >= 4 is 23.0 Å². The second-order valence-electron chi connectivity index (χ2n) is 6.30. The zero-order valence-corrected chi connectivity index (χ0v) is 15.2. The molecule has 0 spiro atoms. The summed E-state index contributed by atoms with van der Waals surface area (Å²) in [6, 6.07) is 7.24. The van der Waals surface area contributed by atoms with E-state index in [1.807, 2.05) is 45.0 Å². The van der Waals surface area contributed by atoms with Crippen molar-refractivity contribution in [2.75, 3.05) is 7.11 Å². The van der Waals surface area contributed by atoms with E-state index < -0.39 is 12.1 Å². The van der Waals surface area contributed by atoms with Crippen molar-refractivity contribution in [1.29, 1.82) is 0 Å². The van der Waals surface area contributed by atoms with Crippen LogP contribution in [-0.2, 0) is 22.6 Å². The Morgan fingerprint density at radius 2 is 2.00 bits per heavy atom. The van der Waals surface area contributed by atoms with Crippen LogP contribution < -0.4 is 10.6 Å². The Bertz CT molecular complexity index is 739. The Balaban J connectivity index is 2.10. The number of aromatic nitrogens is 2. The number of ether oxygens (including phenoxy) is 1. The van der Waals surface area contributed by atoms with Crippen LogP contribution in [-0.4, -0.2) is 34.7 Å². The smallest absolute Gasteiger partial charge is 0.407 e. The van der Waals surface area contributed by atoms with Gasteiger partial charge in [0.15, 0.2) is 0 Å². The van der Waals surface area contributed by atoms with E-state index in [0.717, 1.165) is 23.4 Å². The number of methoxy groups -OCH3 is 1. The summed E-state index contributed by atoms with van der Waals surface area (Å²) in [5.41, 5.74) is 1.95. The van der Waals surface area contributed by atoms with Crippen molar-refractivity contribution in [3.8, 4) is 0 Å². The molecule has 2 amide bonds. The molecule has 1 aromatic carbocycles. The fraction of sp³-hybridized carbons (Fsp3) is 0.500. The van der Waals surface area contributed by atoms with E-state index in [1.54, 1.807) is 0 Å². The first-order valence-electron chi connectivity index (χ1n) is 8.52. The van der Waals surface area contributed by atoms with Gasteiger partial charge < -0.3 is 19.9 Å². The lowest BCUT2D eigenvalue weighted by molar-refractivity contribution is -0.123. The second-order valence-corrected chi connectivity index (χ2v) is 6.30. The van der Waals surface area contributed by atoms with Gasteiger partial charge in [-0.1, -0.05) is 26.0 Å². The maximum atomic E-state index is 12.5. The first-order chi connectivity index (χ1) is 12.0. The van der Waals surface area contributed by atoms with Gasteiger partial charge in [0, 0.05) is 6.54 Å². The molecule has 7 heteroatoms. The molecule has 2 rings (SSSR count). The molecule has 1 heterocycles. The molecule has 7 nitrogen and oxygen atoms in total. The number of aryl methyl sites for hydroxylation is 1. The first kappa shape index (κ1) is 18.8. The number of amides is 2. The third-order valence-corrected chi connectivity index (χ3v) is 3.97. The molecule has 2 N–H and O–H groups in total. The van der Waals surface area contributed by atoms with Gasteiger partial charge in [0.05, 0.1) is 24.7 Å². The molecule has 0 aliphatic heterocycles. The molecule has 0 aliphatic rings. The number of imidazole rings is 1. The fourth-order valence-electron chi connectivity index (χ4n) is 2.81. The third kappa shape index (κ3) is 4.71. The van der Waals surface area contributed by atoms with Gasteiger partial charge in [-0.2, -0.15) is 0 Å². The maximum absolute atomic E-state index is 12.5. The molecule has 0 saturated heterocycles. The van der Waals surface area contributed by atoms with Crippen LogP contribution in [0.4, 0.5) is 4.79 Å². The predicted molar refractivity (Wildman–Crippen MR) is 96.0 cm³/mol. The zero-order chi connectivity index (χ0) is 18.4. The van der Waals surface area contributed by atoms with Crippen molar-refractivity contribution in [3.63, 3.8) is 0 Å². The number of hydrogen-bond donors (Lipinski definition) is 2. The van der Waals surface area contributed by atoms with Crippen LogP contribution in [0.3, 0.4) is 0 Å². The summed E-state index contributed by atoms with van der Waals surface area (Å²) in [6.07, 6.45) is -0.0768. The Kier molecular flexibility index (Phi) is 6.38. The summed E-state index contributed by atoms with van der Waals surface area (Å²) in [7, 11) is 1.28. The molecule has 0 radical (unpaired) electrons. The van der Waals surface area contributed by atoms with Gasteiger partial charge in [-0.15, -0.1) is 0 Å². The maximum Gasteiger partial charge on any atom is 0.407 e. The third-order valence-electron chi connectivity index (χ3n) is 3.97. The largest absolute Gasteiger partial charge is 0.453 e. The van der Waals surface area contributed by atoms with Crippen LogP contribution in [0.15, 0.2) is 24.3 Å². The first-order valence-corrected chi connectivity index (χ1v) is 8.52. The standard InChI is InChI=1S/C18H26N4O3/c1-5-22-15-9-7-6-8-13(15)20-16(22)11-19-17(23)14(10-12(2)3)21-18(24)25-4/h6-9,12,14H,5,10-11H2,1-4H3,(H,19,23)(H,21,24). The molecule has 1 unspecified atom stereocenters. The van der Waals surface area contributed by atoms with Crippen LogP contribution in [0, 0.1) is 5.92 Å². The Hall–Kier alpha value is -2.57. The van der Waals surface area contributed by atoms with Crippen molar-refractivity contribution in [1.82, 2.24) is 20.2 Å². The van der Waals surface area contributed by atoms with Gasteiger partial charge in [0.1, 0.15) is 11.9 Å². The Morgan fingerprint density at radius 1 is 1.28 bits per heavy atom. The van der Waals surface area contributed by atoms with E-state index in [1.165, 1.54) is 7.11 Å². The lowest BCUT2D eigenvalue weighted by atomic mass is 10.0. The van der Waals surface area contributed by atoms with Gasteiger partial charge in [-0.3, -0.25) is 4.79 Å². The number of hydrogen-bond acceptors (Lipinski definition) is 4. The van der Waals surface area contributed by atoms with Crippen LogP contribution in [0.1, 0.15) is 33.0 Å². The van der Waals surface area contributed by atoms with Crippen molar-refractivity contribution in [3.05, 3.63) is 30.1 Å². The molecule has 1 atom stereocenters. The number of benzene rings is 1. The summed E-state index contributed by atoms with van der Waals surface area (Å²) in [5.74, 6) is 0.806. The number of fused-ring (bicyclic) bond motifs is 1. The van der Waals surface area contributed by atoms with Crippen molar-refractivity contribution < 1.29 is 14.3 Å². The quantitative estimate of drug-likeness (QED) is 0.806. The second kappa shape index (κ2) is 8.50. The lowest BCUT2D eigenvalue weighted by Crippen LogP contribution is -2.47. The van der Waals surface area contributed by atoms with E-state index in [-0.39, 0.29) is 11.8 Å². The molecule has 2 aromatic rings. The van der Waals surface area contributed by atoms with E-state index in [0.29, 0.717) is 13.0 Å². The van der Waals surface area contributed by atoms with Crippen LogP contribution >= 0.6 is 0 Å². The van der Waals surface area contributed by atoms with Gasteiger partial charge in [-0.05, 0) is 31.4 Å². The lowest BCUT2D eigenvalue weighted by Gasteiger charge is -2.19. The summed E-state index contributed by atoms with van der Waals surface area (Å²) in [5, 5.41) is 5.47. The molecule has 136 valence electrons. The number of para-hydroxylation sites is 2. The van der Waals surface area contributed by atoms with E-state index >= 15 is 0 Å². The van der Waals surface area contributed by atoms with Crippen LogP contribution in [0.2, 0.25) is 0 Å². The van der Waals surface area contributed by atoms with Gasteiger partial charge in [0.25, 0.3) is 0 Å². The molecule has 25 heavy (non-hydrogen) atoms. The minimum atomic E-state index is -0.632. The number of nitrogens with zero attached hydrogens (tertiary/aromatic N) is 2. The highest BCUT2D eigenvalue weighted by atomic mass is 16.5. The van der Waals surface area contributed by atoms with Crippen LogP contribution in [0.5, 0.6) is 0 Å². The van der Waals surface area contributed by atoms with Crippen molar-refractivity contribution in [2.45, 2.75) is 46.3 Å². The number of carbonyl (C=O) groups is 2. The van der Waals surface area contributed by atoms with Gasteiger partial charge >= 0.3 is 6.09 Å². The summed E-state index contributed by atoms with van der Waals surface area (Å²) >= 11 is 0.